The quantitative estimate of drug-likeness (QED) is 0.535. The van der Waals surface area contributed by atoms with Crippen molar-refractivity contribution < 1.29 is 0 Å². The maximum Gasteiger partial charge on any atom is 0.0168 e. The van der Waals surface area contributed by atoms with Crippen molar-refractivity contribution in [3.8, 4) is 0 Å². The second kappa shape index (κ2) is 2.95. The van der Waals surface area contributed by atoms with Gasteiger partial charge < -0.3 is 10.6 Å². The van der Waals surface area contributed by atoms with E-state index in [9.17, 15) is 0 Å². The third-order valence-corrected chi connectivity index (χ3v) is 2.91. The van der Waals surface area contributed by atoms with Crippen molar-refractivity contribution in [3.63, 3.8) is 0 Å². The van der Waals surface area contributed by atoms with Crippen LogP contribution in [0, 0.1) is 5.92 Å². The minimum atomic E-state index is 0.727. The topological polar surface area (TPSA) is 24.1 Å². The number of hydrogen-bond donors (Lipinski definition) is 2. The van der Waals surface area contributed by atoms with Gasteiger partial charge in [-0.1, -0.05) is 11.6 Å². The van der Waals surface area contributed by atoms with Crippen LogP contribution in [0.1, 0.15) is 12.8 Å². The number of hydrogen-bond acceptors (Lipinski definition) is 2. The summed E-state index contributed by atoms with van der Waals surface area (Å²) >= 11 is 0. The highest BCUT2D eigenvalue weighted by molar-refractivity contribution is 5.19. The Morgan fingerprint density at radius 2 is 2.55 bits per heavy atom. The normalized spacial score (nSPS) is 36.6. The maximum atomic E-state index is 3.42. The van der Waals surface area contributed by atoms with Gasteiger partial charge in [-0.3, -0.25) is 0 Å². The smallest absolute Gasteiger partial charge is 0.0168 e. The van der Waals surface area contributed by atoms with Gasteiger partial charge in [0.15, 0.2) is 0 Å². The zero-order chi connectivity index (χ0) is 7.68. The average molecular weight is 152 g/mol. The minimum absolute atomic E-state index is 0.727. The summed E-state index contributed by atoms with van der Waals surface area (Å²) in [6.45, 7) is 2.31. The summed E-state index contributed by atoms with van der Waals surface area (Å²) in [6, 6.07) is 0.727. The van der Waals surface area contributed by atoms with E-state index >= 15 is 0 Å². The molecule has 1 aliphatic carbocycles. The molecule has 1 heterocycles. The Balaban J connectivity index is 2.12. The van der Waals surface area contributed by atoms with Crippen LogP contribution in [0.5, 0.6) is 0 Å². The molecule has 0 bridgehead atoms. The van der Waals surface area contributed by atoms with E-state index in [1.807, 2.05) is 0 Å². The molecule has 2 N–H and O–H groups in total. The molecule has 2 heteroatoms. The minimum Gasteiger partial charge on any atom is -0.316 e. The summed E-state index contributed by atoms with van der Waals surface area (Å²) in [5.74, 6) is 0.786. The first-order chi connectivity index (χ1) is 5.42. The van der Waals surface area contributed by atoms with E-state index in [4.69, 9.17) is 0 Å². The Labute approximate surface area is 68.1 Å². The van der Waals surface area contributed by atoms with E-state index in [0.717, 1.165) is 18.5 Å². The number of fused-ring (bicyclic) bond motifs is 1. The van der Waals surface area contributed by atoms with Crippen LogP contribution >= 0.6 is 0 Å². The van der Waals surface area contributed by atoms with Gasteiger partial charge in [-0.25, -0.2) is 0 Å². The summed E-state index contributed by atoms with van der Waals surface area (Å²) in [4.78, 5) is 0. The number of rotatable bonds is 1. The Kier molecular flexibility index (Phi) is 1.96. The standard InChI is InChI=1S/C9H16N2/c1-10-9-4-2-3-7-5-11-6-8(7)9/h3,8-11H,2,4-6H2,1H3/t8?,9-/m1/s1. The summed E-state index contributed by atoms with van der Waals surface area (Å²) in [5.41, 5.74) is 1.63. The van der Waals surface area contributed by atoms with Crippen LogP contribution in [0.2, 0.25) is 0 Å². The molecular formula is C9H16N2. The number of allylic oxidation sites excluding steroid dienone is 1. The van der Waals surface area contributed by atoms with E-state index in [1.165, 1.54) is 19.4 Å². The molecule has 0 aromatic carbocycles. The highest BCUT2D eigenvalue weighted by Gasteiger charge is 2.29. The van der Waals surface area contributed by atoms with Crippen LogP contribution in [0.4, 0.5) is 0 Å². The van der Waals surface area contributed by atoms with E-state index in [-0.39, 0.29) is 0 Å². The van der Waals surface area contributed by atoms with Gasteiger partial charge in [-0.15, -0.1) is 0 Å². The van der Waals surface area contributed by atoms with Crippen molar-refractivity contribution in [2.45, 2.75) is 18.9 Å². The third kappa shape index (κ3) is 1.21. The summed E-state index contributed by atoms with van der Waals surface area (Å²) < 4.78 is 0. The van der Waals surface area contributed by atoms with E-state index in [0.29, 0.717) is 0 Å². The molecule has 0 radical (unpaired) electrons. The lowest BCUT2D eigenvalue weighted by Gasteiger charge is -2.27. The molecule has 0 aromatic heterocycles. The maximum absolute atomic E-state index is 3.42. The molecule has 62 valence electrons. The molecule has 0 saturated carbocycles. The molecule has 1 saturated heterocycles. The van der Waals surface area contributed by atoms with Crippen molar-refractivity contribution in [2.75, 3.05) is 20.1 Å². The first-order valence-electron chi connectivity index (χ1n) is 4.48. The lowest BCUT2D eigenvalue weighted by atomic mass is 9.86. The summed E-state index contributed by atoms with van der Waals surface area (Å²) in [7, 11) is 2.08. The van der Waals surface area contributed by atoms with Gasteiger partial charge in [0.2, 0.25) is 0 Å². The molecule has 0 amide bonds. The molecule has 2 aliphatic rings. The highest BCUT2D eigenvalue weighted by atomic mass is 15.0. The predicted octanol–water partition coefficient (Wildman–Crippen LogP) is 0.514. The van der Waals surface area contributed by atoms with E-state index in [1.54, 1.807) is 5.57 Å². The Hall–Kier alpha value is -0.340. The molecule has 11 heavy (non-hydrogen) atoms. The van der Waals surface area contributed by atoms with Gasteiger partial charge in [-0.2, -0.15) is 0 Å². The number of nitrogens with one attached hydrogen (secondary N) is 2. The molecule has 0 aromatic rings. The molecule has 2 atom stereocenters. The molecule has 2 rings (SSSR count). The second-order valence-corrected chi connectivity index (χ2v) is 3.49. The molecular weight excluding hydrogens is 136 g/mol. The molecule has 0 spiro atoms. The van der Waals surface area contributed by atoms with Crippen molar-refractivity contribution >= 4 is 0 Å². The van der Waals surface area contributed by atoms with Crippen molar-refractivity contribution in [3.05, 3.63) is 11.6 Å². The first-order valence-corrected chi connectivity index (χ1v) is 4.48. The Morgan fingerprint density at radius 3 is 3.36 bits per heavy atom. The van der Waals surface area contributed by atoms with Gasteiger partial charge in [-0.05, 0) is 19.9 Å². The Morgan fingerprint density at radius 1 is 1.64 bits per heavy atom. The molecule has 1 aliphatic heterocycles. The largest absolute Gasteiger partial charge is 0.316 e. The third-order valence-electron chi connectivity index (χ3n) is 2.91. The van der Waals surface area contributed by atoms with Crippen molar-refractivity contribution in [1.82, 2.24) is 10.6 Å². The van der Waals surface area contributed by atoms with Crippen LogP contribution in [-0.4, -0.2) is 26.2 Å². The lowest BCUT2D eigenvalue weighted by molar-refractivity contribution is 0.401. The zero-order valence-corrected chi connectivity index (χ0v) is 7.06. The van der Waals surface area contributed by atoms with E-state index < -0.39 is 0 Å². The second-order valence-electron chi connectivity index (χ2n) is 3.49. The fraction of sp³-hybridized carbons (Fsp3) is 0.778. The van der Waals surface area contributed by atoms with Crippen LogP contribution in [0.3, 0.4) is 0 Å². The zero-order valence-electron chi connectivity index (χ0n) is 7.06. The fourth-order valence-corrected chi connectivity index (χ4v) is 2.25. The van der Waals surface area contributed by atoms with Gasteiger partial charge >= 0.3 is 0 Å². The van der Waals surface area contributed by atoms with Gasteiger partial charge in [0.1, 0.15) is 0 Å². The van der Waals surface area contributed by atoms with E-state index in [2.05, 4.69) is 23.8 Å². The summed E-state index contributed by atoms with van der Waals surface area (Å²) in [5, 5.41) is 6.81. The first kappa shape index (κ1) is 7.32. The van der Waals surface area contributed by atoms with Crippen molar-refractivity contribution in [2.24, 2.45) is 5.92 Å². The SMILES string of the molecule is CN[C@@H]1CCC=C2CNCC21. The monoisotopic (exact) mass is 152 g/mol. The fourth-order valence-electron chi connectivity index (χ4n) is 2.25. The highest BCUT2D eigenvalue weighted by Crippen LogP contribution is 2.27. The lowest BCUT2D eigenvalue weighted by Crippen LogP contribution is -2.36. The van der Waals surface area contributed by atoms with Crippen LogP contribution in [0.25, 0.3) is 0 Å². The van der Waals surface area contributed by atoms with Crippen LogP contribution < -0.4 is 10.6 Å². The molecule has 1 fully saturated rings. The molecule has 2 nitrogen and oxygen atoms in total. The van der Waals surface area contributed by atoms with Crippen molar-refractivity contribution in [1.29, 1.82) is 0 Å². The van der Waals surface area contributed by atoms with Gasteiger partial charge in [0, 0.05) is 25.0 Å². The average Bonchev–Trinajstić information content (AvgIpc) is 2.50. The van der Waals surface area contributed by atoms with Gasteiger partial charge in [0.05, 0.1) is 0 Å². The predicted molar refractivity (Wildman–Crippen MR) is 46.5 cm³/mol. The summed E-state index contributed by atoms with van der Waals surface area (Å²) in [6.07, 6.45) is 4.99. The van der Waals surface area contributed by atoms with Gasteiger partial charge in [0.25, 0.3) is 0 Å². The van der Waals surface area contributed by atoms with Crippen LogP contribution in [0.15, 0.2) is 11.6 Å². The molecule has 1 unspecified atom stereocenters. The Bertz CT molecular complexity index is 174. The van der Waals surface area contributed by atoms with Crippen LogP contribution in [-0.2, 0) is 0 Å².